The summed E-state index contributed by atoms with van der Waals surface area (Å²) in [5.41, 5.74) is 6.40. The summed E-state index contributed by atoms with van der Waals surface area (Å²) in [6.07, 6.45) is 8.92. The second-order valence-electron chi connectivity index (χ2n) is 11.1. The lowest BCUT2D eigenvalue weighted by Gasteiger charge is -2.34. The van der Waals surface area contributed by atoms with E-state index < -0.39 is 0 Å². The molecule has 3 aromatic rings. The number of nitrogens with zero attached hydrogens (tertiary/aromatic N) is 3. The lowest BCUT2D eigenvalue weighted by atomic mass is 9.83. The fourth-order valence-corrected chi connectivity index (χ4v) is 7.07. The van der Waals surface area contributed by atoms with Crippen LogP contribution in [-0.2, 0) is 12.8 Å². The van der Waals surface area contributed by atoms with Crippen molar-refractivity contribution in [3.63, 3.8) is 0 Å². The number of amides is 1. The van der Waals surface area contributed by atoms with Crippen LogP contribution in [0, 0.1) is 18.3 Å². The zero-order valence-corrected chi connectivity index (χ0v) is 24.8. The Hall–Kier alpha value is -3.25. The zero-order valence-electron chi connectivity index (χ0n) is 24.0. The van der Waals surface area contributed by atoms with Gasteiger partial charge in [0.2, 0.25) is 0 Å². The number of fused-ring (bicyclic) bond motifs is 1. The Bertz CT molecular complexity index is 1370. The number of aryl methyl sites for hydroxylation is 2. The number of hydrogen-bond donors (Lipinski definition) is 2. The molecule has 1 aromatic heterocycles. The molecule has 2 aromatic carbocycles. The third kappa shape index (κ3) is 7.16. The minimum absolute atomic E-state index is 0.0471. The molecule has 7 nitrogen and oxygen atoms in total. The number of hydrogen-bond acceptors (Lipinski definition) is 7. The van der Waals surface area contributed by atoms with Crippen LogP contribution >= 0.6 is 11.3 Å². The topological polar surface area (TPSA) is 98.5 Å². The number of nitrogens with one attached hydrogen (secondary N) is 1. The highest BCUT2D eigenvalue weighted by atomic mass is 32.1. The molecule has 216 valence electrons. The van der Waals surface area contributed by atoms with Crippen LogP contribution in [0.5, 0.6) is 5.75 Å². The van der Waals surface area contributed by atoms with Gasteiger partial charge in [-0.2, -0.15) is 5.26 Å². The van der Waals surface area contributed by atoms with E-state index in [9.17, 15) is 9.90 Å². The number of carbonyl (C=O) groups excluding carboxylic acids is 1. The van der Waals surface area contributed by atoms with Gasteiger partial charge in [0.05, 0.1) is 23.9 Å². The van der Waals surface area contributed by atoms with E-state index in [1.54, 1.807) is 12.1 Å². The van der Waals surface area contributed by atoms with Crippen molar-refractivity contribution in [3.05, 3.63) is 69.2 Å². The quantitative estimate of drug-likeness (QED) is 0.289. The maximum atomic E-state index is 12.8. The summed E-state index contributed by atoms with van der Waals surface area (Å²) in [6.45, 7) is 6.12. The molecule has 0 spiro atoms. The van der Waals surface area contributed by atoms with Gasteiger partial charge in [0, 0.05) is 12.1 Å². The number of aliphatic hydroxyl groups is 1. The molecular weight excluding hydrogens is 532 g/mol. The van der Waals surface area contributed by atoms with Gasteiger partial charge in [-0.1, -0.05) is 24.3 Å². The van der Waals surface area contributed by atoms with Crippen molar-refractivity contribution in [2.24, 2.45) is 0 Å². The highest BCUT2D eigenvalue weighted by Gasteiger charge is 2.26. The second kappa shape index (κ2) is 14.1. The van der Waals surface area contributed by atoms with Crippen LogP contribution in [0.15, 0.2) is 36.4 Å². The number of nitriles is 1. The molecule has 0 atom stereocenters. The number of carbonyl (C=O) groups is 1. The van der Waals surface area contributed by atoms with Crippen molar-refractivity contribution in [2.75, 3.05) is 39.4 Å². The van der Waals surface area contributed by atoms with Gasteiger partial charge in [-0.3, -0.25) is 4.79 Å². The van der Waals surface area contributed by atoms with Gasteiger partial charge in [-0.15, -0.1) is 11.3 Å². The van der Waals surface area contributed by atoms with Gasteiger partial charge in [0.25, 0.3) is 5.91 Å². The van der Waals surface area contributed by atoms with E-state index in [2.05, 4.69) is 33.4 Å². The molecule has 0 radical (unpaired) electrons. The molecule has 5 rings (SSSR count). The lowest BCUT2D eigenvalue weighted by Crippen LogP contribution is -2.34. The first-order valence-corrected chi connectivity index (χ1v) is 15.8. The largest absolute Gasteiger partial charge is 0.491 e. The smallest absolute Gasteiger partial charge is 0.263 e. The van der Waals surface area contributed by atoms with E-state index in [0.29, 0.717) is 29.5 Å². The number of piperidine rings is 1. The minimum atomic E-state index is -0.0648. The number of aliphatic hydroxyl groups excluding tert-OH is 1. The summed E-state index contributed by atoms with van der Waals surface area (Å²) >= 11 is 1.40. The molecule has 0 bridgehead atoms. The van der Waals surface area contributed by atoms with Crippen molar-refractivity contribution >= 4 is 17.2 Å². The highest BCUT2D eigenvalue weighted by molar-refractivity contribution is 7.17. The van der Waals surface area contributed by atoms with E-state index in [4.69, 9.17) is 10.00 Å². The first-order chi connectivity index (χ1) is 20.1. The molecule has 1 aliphatic carbocycles. The summed E-state index contributed by atoms with van der Waals surface area (Å²) in [7, 11) is 0. The third-order valence-corrected chi connectivity index (χ3v) is 9.53. The van der Waals surface area contributed by atoms with Crippen LogP contribution in [0.1, 0.15) is 82.1 Å². The van der Waals surface area contributed by atoms with Crippen LogP contribution in [-0.4, -0.2) is 60.3 Å². The number of rotatable bonds is 11. The Morgan fingerprint density at radius 2 is 1.93 bits per heavy atom. The van der Waals surface area contributed by atoms with Crippen LogP contribution in [0.25, 0.3) is 10.6 Å². The van der Waals surface area contributed by atoms with Crippen LogP contribution in [0.2, 0.25) is 0 Å². The molecule has 2 heterocycles. The van der Waals surface area contributed by atoms with E-state index >= 15 is 0 Å². The third-order valence-electron chi connectivity index (χ3n) is 8.33. The van der Waals surface area contributed by atoms with Gasteiger partial charge in [-0.25, -0.2) is 4.98 Å². The van der Waals surface area contributed by atoms with E-state index in [-0.39, 0.29) is 12.5 Å². The first kappa shape index (κ1) is 29.2. The summed E-state index contributed by atoms with van der Waals surface area (Å²) < 4.78 is 6.14. The molecule has 1 amide bonds. The van der Waals surface area contributed by atoms with Crippen LogP contribution in [0.3, 0.4) is 0 Å². The number of ether oxygens (including phenoxy) is 1. The predicted molar refractivity (Wildman–Crippen MR) is 163 cm³/mol. The average molecular weight is 573 g/mol. The zero-order chi connectivity index (χ0) is 28.6. The normalized spacial score (nSPS) is 15.7. The van der Waals surface area contributed by atoms with Crippen molar-refractivity contribution in [1.82, 2.24) is 15.2 Å². The van der Waals surface area contributed by atoms with Gasteiger partial charge in [-0.05, 0) is 113 Å². The predicted octanol–water partition coefficient (Wildman–Crippen LogP) is 5.63. The molecule has 1 aliphatic heterocycles. The van der Waals surface area contributed by atoms with Crippen LogP contribution in [0.4, 0.5) is 0 Å². The van der Waals surface area contributed by atoms with Crippen molar-refractivity contribution in [2.45, 2.75) is 64.2 Å². The summed E-state index contributed by atoms with van der Waals surface area (Å²) in [5, 5.41) is 22.3. The molecule has 0 saturated carbocycles. The Balaban J connectivity index is 1.06. The number of unbranched alkanes of at least 4 members (excludes halogenated alkanes) is 1. The summed E-state index contributed by atoms with van der Waals surface area (Å²) in [6, 6.07) is 14.0. The first-order valence-electron chi connectivity index (χ1n) is 14.9. The molecule has 2 aliphatic rings. The standard InChI is InChI=1S/C33H40N4O3S/c1-23-31(41-33(36-23)27-10-8-24(22-34)9-11-27)32(39)35-16-4-5-17-37-18-14-26(15-19-37)29-13-12-25-6-2-3-7-28(25)30(29)40-21-20-38/h8-13,26,38H,2-7,14-21H2,1H3,(H,35,39). The van der Waals surface area contributed by atoms with Gasteiger partial charge in [0.15, 0.2) is 0 Å². The maximum absolute atomic E-state index is 12.8. The van der Waals surface area contributed by atoms with Crippen molar-refractivity contribution in [3.8, 4) is 22.4 Å². The molecule has 41 heavy (non-hydrogen) atoms. The minimum Gasteiger partial charge on any atom is -0.491 e. The van der Waals surface area contributed by atoms with Crippen molar-refractivity contribution < 1.29 is 14.6 Å². The van der Waals surface area contributed by atoms with Gasteiger partial charge < -0.3 is 20.1 Å². The number of likely N-dealkylation sites (tertiary alicyclic amines) is 1. The van der Waals surface area contributed by atoms with Gasteiger partial charge >= 0.3 is 0 Å². The molecule has 0 unspecified atom stereocenters. The fraction of sp³-hybridized carbons (Fsp3) is 0.485. The highest BCUT2D eigenvalue weighted by Crippen LogP contribution is 2.40. The fourth-order valence-electron chi connectivity index (χ4n) is 6.08. The summed E-state index contributed by atoms with van der Waals surface area (Å²) in [5.74, 6) is 1.50. The van der Waals surface area contributed by atoms with Crippen molar-refractivity contribution in [1.29, 1.82) is 5.26 Å². The molecule has 2 N–H and O–H groups in total. The Labute approximate surface area is 247 Å². The Morgan fingerprint density at radius 1 is 1.15 bits per heavy atom. The lowest BCUT2D eigenvalue weighted by molar-refractivity contribution is 0.0955. The van der Waals surface area contributed by atoms with Crippen LogP contribution < -0.4 is 10.1 Å². The van der Waals surface area contributed by atoms with E-state index in [1.165, 1.54) is 40.9 Å². The van der Waals surface area contributed by atoms with Gasteiger partial charge in [0.1, 0.15) is 22.2 Å². The summed E-state index contributed by atoms with van der Waals surface area (Å²) in [4.78, 5) is 20.6. The van der Waals surface area contributed by atoms with E-state index in [1.807, 2.05) is 19.1 Å². The monoisotopic (exact) mass is 572 g/mol. The average Bonchev–Trinajstić information content (AvgIpc) is 3.41. The number of benzene rings is 2. The number of thiazole rings is 1. The second-order valence-corrected chi connectivity index (χ2v) is 12.1. The number of aromatic nitrogens is 1. The molecule has 1 fully saturated rings. The maximum Gasteiger partial charge on any atom is 0.263 e. The SMILES string of the molecule is Cc1nc(-c2ccc(C#N)cc2)sc1C(=O)NCCCCN1CCC(c2ccc3c(c2OCCO)CCCC3)CC1. The Kier molecular flexibility index (Phi) is 10.0. The van der Waals surface area contributed by atoms with E-state index in [0.717, 1.165) is 80.2 Å². The molecular formula is C33H40N4O3S. The Morgan fingerprint density at radius 3 is 2.68 bits per heavy atom. The molecule has 1 saturated heterocycles. The molecule has 8 heteroatoms.